The maximum Gasteiger partial charge on any atom is 0.248 e. The summed E-state index contributed by atoms with van der Waals surface area (Å²) >= 11 is 0. The molecule has 0 aliphatic rings. The molecule has 0 aliphatic heterocycles. The van der Waals surface area contributed by atoms with Gasteiger partial charge in [0.25, 0.3) is 0 Å². The number of nitrogens with two attached hydrogens (primary N) is 1. The second kappa shape index (κ2) is 10.5. The van der Waals surface area contributed by atoms with Gasteiger partial charge >= 0.3 is 0 Å². The summed E-state index contributed by atoms with van der Waals surface area (Å²) in [6.07, 6.45) is 1.98. The average Bonchev–Trinajstić information content (AvgIpc) is 2.85. The second-order valence-electron chi connectivity index (χ2n) is 7.83. The summed E-state index contributed by atoms with van der Waals surface area (Å²) in [6.45, 7) is 0.659. The molecular formula is C29H27NO2. The van der Waals surface area contributed by atoms with Crippen LogP contribution in [0, 0.1) is 0 Å². The van der Waals surface area contributed by atoms with Crippen molar-refractivity contribution in [2.45, 2.75) is 18.8 Å². The number of hydrogen-bond donors (Lipinski definition) is 1. The fourth-order valence-electron chi connectivity index (χ4n) is 3.97. The first-order chi connectivity index (χ1) is 15.7. The normalized spacial score (nSPS) is 10.8. The van der Waals surface area contributed by atoms with Gasteiger partial charge in [0.1, 0.15) is 5.75 Å². The summed E-state index contributed by atoms with van der Waals surface area (Å²) in [5.41, 5.74) is 10.5. The third kappa shape index (κ3) is 5.44. The second-order valence-corrected chi connectivity index (χ2v) is 7.83. The molecule has 0 aliphatic carbocycles. The predicted octanol–water partition coefficient (Wildman–Crippen LogP) is 6.44. The molecule has 1 amide bonds. The lowest BCUT2D eigenvalue weighted by Gasteiger charge is -2.18. The van der Waals surface area contributed by atoms with Gasteiger partial charge in [-0.25, -0.2) is 0 Å². The lowest BCUT2D eigenvalue weighted by Crippen LogP contribution is -2.10. The van der Waals surface area contributed by atoms with E-state index in [1.54, 1.807) is 6.07 Å². The van der Waals surface area contributed by atoms with E-state index in [0.717, 1.165) is 29.7 Å². The first kappa shape index (κ1) is 21.4. The van der Waals surface area contributed by atoms with Crippen LogP contribution >= 0.6 is 0 Å². The van der Waals surface area contributed by atoms with Crippen LogP contribution in [0.25, 0.3) is 11.1 Å². The van der Waals surface area contributed by atoms with Crippen LogP contribution < -0.4 is 10.5 Å². The summed E-state index contributed by atoms with van der Waals surface area (Å²) in [7, 11) is 0. The van der Waals surface area contributed by atoms with Crippen molar-refractivity contribution in [2.75, 3.05) is 6.61 Å². The van der Waals surface area contributed by atoms with Crippen LogP contribution in [0.15, 0.2) is 109 Å². The molecule has 0 saturated heterocycles. The van der Waals surface area contributed by atoms with Gasteiger partial charge in [-0.05, 0) is 59.4 Å². The molecule has 160 valence electrons. The molecular weight excluding hydrogens is 394 g/mol. The Morgan fingerprint density at radius 1 is 0.719 bits per heavy atom. The van der Waals surface area contributed by atoms with Gasteiger partial charge in [0, 0.05) is 11.5 Å². The maximum absolute atomic E-state index is 11.4. The summed E-state index contributed by atoms with van der Waals surface area (Å²) in [6, 6.07) is 36.6. The average molecular weight is 422 g/mol. The molecule has 3 heteroatoms. The Hall–Kier alpha value is -3.85. The van der Waals surface area contributed by atoms with Crippen molar-refractivity contribution in [1.29, 1.82) is 0 Å². The zero-order valence-corrected chi connectivity index (χ0v) is 18.0. The Labute approximate surface area is 189 Å². The Bertz CT molecular complexity index is 1100. The highest BCUT2D eigenvalue weighted by molar-refractivity contribution is 5.94. The number of carbonyl (C=O) groups excluding carboxylic acids is 1. The zero-order valence-electron chi connectivity index (χ0n) is 18.0. The highest BCUT2D eigenvalue weighted by Gasteiger charge is 2.13. The molecule has 4 aromatic carbocycles. The van der Waals surface area contributed by atoms with Crippen molar-refractivity contribution in [2.24, 2.45) is 5.73 Å². The molecule has 0 heterocycles. The van der Waals surface area contributed by atoms with E-state index in [1.165, 1.54) is 11.1 Å². The molecule has 0 aromatic heterocycles. The standard InChI is InChI=1S/C29H27NO2/c30-29(31)26-14-7-13-25(21-26)22-16-18-27(19-17-22)32-20-8-15-28(23-9-3-1-4-10-23)24-11-5-2-6-12-24/h1-7,9-14,16-19,21,28H,8,15,20H2,(H2,30,31). The minimum Gasteiger partial charge on any atom is -0.494 e. The number of benzene rings is 4. The van der Waals surface area contributed by atoms with E-state index in [-0.39, 0.29) is 0 Å². The molecule has 4 rings (SSSR count). The Balaban J connectivity index is 1.36. The van der Waals surface area contributed by atoms with E-state index in [9.17, 15) is 4.79 Å². The molecule has 4 aromatic rings. The third-order valence-corrected chi connectivity index (χ3v) is 5.64. The quantitative estimate of drug-likeness (QED) is 0.316. The topological polar surface area (TPSA) is 52.3 Å². The smallest absolute Gasteiger partial charge is 0.248 e. The number of rotatable bonds is 9. The highest BCUT2D eigenvalue weighted by atomic mass is 16.5. The van der Waals surface area contributed by atoms with Gasteiger partial charge in [-0.1, -0.05) is 84.9 Å². The van der Waals surface area contributed by atoms with E-state index in [2.05, 4.69) is 60.7 Å². The van der Waals surface area contributed by atoms with Crippen LogP contribution in [-0.2, 0) is 0 Å². The van der Waals surface area contributed by atoms with Gasteiger partial charge < -0.3 is 10.5 Å². The summed E-state index contributed by atoms with van der Waals surface area (Å²) in [5.74, 6) is 0.785. The van der Waals surface area contributed by atoms with Crippen LogP contribution in [0.2, 0.25) is 0 Å². The molecule has 0 bridgehead atoms. The number of carbonyl (C=O) groups is 1. The van der Waals surface area contributed by atoms with Gasteiger partial charge in [0.2, 0.25) is 5.91 Å². The number of amides is 1. The molecule has 3 nitrogen and oxygen atoms in total. The van der Waals surface area contributed by atoms with Crippen molar-refractivity contribution in [3.05, 3.63) is 126 Å². The zero-order chi connectivity index (χ0) is 22.2. The molecule has 0 spiro atoms. The Morgan fingerprint density at radius 2 is 1.34 bits per heavy atom. The molecule has 0 radical (unpaired) electrons. The van der Waals surface area contributed by atoms with Gasteiger partial charge in [-0.2, -0.15) is 0 Å². The minimum atomic E-state index is -0.420. The number of primary amides is 1. The molecule has 2 N–H and O–H groups in total. The molecule has 0 unspecified atom stereocenters. The number of hydrogen-bond acceptors (Lipinski definition) is 2. The molecule has 0 fully saturated rings. The largest absolute Gasteiger partial charge is 0.494 e. The van der Waals surface area contributed by atoms with E-state index >= 15 is 0 Å². The van der Waals surface area contributed by atoms with E-state index in [0.29, 0.717) is 18.1 Å². The van der Waals surface area contributed by atoms with Crippen molar-refractivity contribution >= 4 is 5.91 Å². The van der Waals surface area contributed by atoms with Gasteiger partial charge in [0.05, 0.1) is 6.61 Å². The van der Waals surface area contributed by atoms with Gasteiger partial charge in [0.15, 0.2) is 0 Å². The monoisotopic (exact) mass is 421 g/mol. The lowest BCUT2D eigenvalue weighted by molar-refractivity contribution is 0.100. The first-order valence-electron chi connectivity index (χ1n) is 10.9. The molecule has 0 atom stereocenters. The fourth-order valence-corrected chi connectivity index (χ4v) is 3.97. The molecule has 32 heavy (non-hydrogen) atoms. The van der Waals surface area contributed by atoms with Crippen LogP contribution in [-0.4, -0.2) is 12.5 Å². The van der Waals surface area contributed by atoms with E-state index in [4.69, 9.17) is 10.5 Å². The highest BCUT2D eigenvalue weighted by Crippen LogP contribution is 2.29. The van der Waals surface area contributed by atoms with Crippen molar-refractivity contribution in [3.63, 3.8) is 0 Å². The summed E-state index contributed by atoms with van der Waals surface area (Å²) < 4.78 is 6.01. The van der Waals surface area contributed by atoms with Crippen LogP contribution in [0.3, 0.4) is 0 Å². The summed E-state index contributed by atoms with van der Waals surface area (Å²) in [4.78, 5) is 11.4. The van der Waals surface area contributed by atoms with Crippen molar-refractivity contribution < 1.29 is 9.53 Å². The predicted molar refractivity (Wildman–Crippen MR) is 130 cm³/mol. The lowest BCUT2D eigenvalue weighted by atomic mass is 9.88. The third-order valence-electron chi connectivity index (χ3n) is 5.64. The Kier molecular flexibility index (Phi) is 6.98. The maximum atomic E-state index is 11.4. The van der Waals surface area contributed by atoms with Crippen molar-refractivity contribution in [3.8, 4) is 16.9 Å². The van der Waals surface area contributed by atoms with Crippen LogP contribution in [0.4, 0.5) is 0 Å². The number of ether oxygens (including phenoxy) is 1. The molecule has 0 saturated carbocycles. The van der Waals surface area contributed by atoms with E-state index in [1.807, 2.05) is 42.5 Å². The summed E-state index contributed by atoms with van der Waals surface area (Å²) in [5, 5.41) is 0. The van der Waals surface area contributed by atoms with Crippen LogP contribution in [0.1, 0.15) is 40.2 Å². The Morgan fingerprint density at radius 3 is 1.94 bits per heavy atom. The van der Waals surface area contributed by atoms with E-state index < -0.39 is 5.91 Å². The van der Waals surface area contributed by atoms with Gasteiger partial charge in [-0.3, -0.25) is 4.79 Å². The SMILES string of the molecule is NC(=O)c1cccc(-c2ccc(OCCCC(c3ccccc3)c3ccccc3)cc2)c1. The first-order valence-corrected chi connectivity index (χ1v) is 10.9. The fraction of sp³-hybridized carbons (Fsp3) is 0.138. The van der Waals surface area contributed by atoms with Crippen molar-refractivity contribution in [1.82, 2.24) is 0 Å². The minimum absolute atomic E-state index is 0.362. The van der Waals surface area contributed by atoms with Crippen LogP contribution in [0.5, 0.6) is 5.75 Å². The van der Waals surface area contributed by atoms with Gasteiger partial charge in [-0.15, -0.1) is 0 Å².